The van der Waals surface area contributed by atoms with E-state index in [1.807, 2.05) is 6.26 Å². The van der Waals surface area contributed by atoms with Gasteiger partial charge in [0.1, 0.15) is 11.6 Å². The number of aliphatic hydroxyl groups excluding tert-OH is 1. The zero-order valence-electron chi connectivity index (χ0n) is 11.1. The van der Waals surface area contributed by atoms with Crippen LogP contribution in [-0.2, 0) is 0 Å². The minimum absolute atomic E-state index is 0.000771. The molecule has 19 heavy (non-hydrogen) atoms. The maximum Gasteiger partial charge on any atom is 0.191 e. The molecule has 6 nitrogen and oxygen atoms in total. The highest BCUT2D eigenvalue weighted by atomic mass is 32.2. The average Bonchev–Trinajstić information content (AvgIpc) is 2.94. The molecule has 0 saturated heterocycles. The van der Waals surface area contributed by atoms with Crippen molar-refractivity contribution in [2.24, 2.45) is 11.3 Å². The Balaban J connectivity index is 2.06. The van der Waals surface area contributed by atoms with E-state index in [9.17, 15) is 5.11 Å². The Morgan fingerprint density at radius 3 is 2.63 bits per heavy atom. The summed E-state index contributed by atoms with van der Waals surface area (Å²) >= 11 is 1.47. The van der Waals surface area contributed by atoms with E-state index in [4.69, 9.17) is 5.84 Å². The van der Waals surface area contributed by atoms with Crippen molar-refractivity contribution in [2.75, 3.05) is 30.1 Å². The molecule has 0 spiro atoms. The topological polar surface area (TPSA) is 96.1 Å². The zero-order chi connectivity index (χ0) is 13.7. The van der Waals surface area contributed by atoms with Crippen LogP contribution in [0.4, 0.5) is 11.6 Å². The van der Waals surface area contributed by atoms with Crippen molar-refractivity contribution in [3.63, 3.8) is 0 Å². The lowest BCUT2D eigenvalue weighted by atomic mass is 9.87. The number of rotatable bonds is 6. The normalized spacial score (nSPS) is 17.4. The quantitative estimate of drug-likeness (QED) is 0.271. The van der Waals surface area contributed by atoms with E-state index in [1.54, 1.807) is 6.07 Å². The second-order valence-electron chi connectivity index (χ2n) is 4.99. The summed E-state index contributed by atoms with van der Waals surface area (Å²) in [5.41, 5.74) is 2.54. The highest BCUT2D eigenvalue weighted by Crippen LogP contribution is 2.37. The number of hydrogen-bond donors (Lipinski definition) is 4. The highest BCUT2D eigenvalue weighted by Gasteiger charge is 2.33. The number of nitrogen functional groups attached to an aromatic ring is 1. The summed E-state index contributed by atoms with van der Waals surface area (Å²) in [4.78, 5) is 8.60. The number of nitrogens with two attached hydrogens (primary N) is 1. The molecule has 7 heteroatoms. The molecule has 1 aromatic heterocycles. The van der Waals surface area contributed by atoms with Gasteiger partial charge < -0.3 is 15.8 Å². The summed E-state index contributed by atoms with van der Waals surface area (Å²) in [6, 6.07) is 1.78. The predicted molar refractivity (Wildman–Crippen MR) is 78.1 cm³/mol. The van der Waals surface area contributed by atoms with Crippen LogP contribution in [0.5, 0.6) is 0 Å². The Morgan fingerprint density at radius 2 is 2.05 bits per heavy atom. The fourth-order valence-electron chi connectivity index (χ4n) is 2.47. The van der Waals surface area contributed by atoms with Crippen molar-refractivity contribution in [3.05, 3.63) is 6.07 Å². The molecule has 0 aliphatic heterocycles. The van der Waals surface area contributed by atoms with Gasteiger partial charge in [-0.2, -0.15) is 0 Å². The molecule has 1 aliphatic rings. The minimum Gasteiger partial charge on any atom is -0.396 e. The maximum absolute atomic E-state index is 9.59. The lowest BCUT2D eigenvalue weighted by molar-refractivity contribution is 0.142. The van der Waals surface area contributed by atoms with Gasteiger partial charge in [0.25, 0.3) is 0 Å². The molecule has 5 N–H and O–H groups in total. The van der Waals surface area contributed by atoms with E-state index in [0.29, 0.717) is 11.0 Å². The molecule has 1 heterocycles. The third-order valence-electron chi connectivity index (χ3n) is 3.68. The molecule has 0 amide bonds. The molecular weight excluding hydrogens is 262 g/mol. The van der Waals surface area contributed by atoms with Crippen LogP contribution in [0.1, 0.15) is 25.7 Å². The van der Waals surface area contributed by atoms with Crippen LogP contribution in [-0.4, -0.2) is 34.5 Å². The molecule has 0 unspecified atom stereocenters. The molecule has 0 bridgehead atoms. The molecule has 0 radical (unpaired) electrons. The predicted octanol–water partition coefficient (Wildman–Crippen LogP) is 1.45. The first-order chi connectivity index (χ1) is 9.21. The van der Waals surface area contributed by atoms with Crippen LogP contribution in [0.3, 0.4) is 0 Å². The van der Waals surface area contributed by atoms with Crippen molar-refractivity contribution < 1.29 is 5.11 Å². The van der Waals surface area contributed by atoms with E-state index in [1.165, 1.54) is 24.6 Å². The molecular formula is C12H21N5OS. The number of anilines is 2. The number of aliphatic hydroxyl groups is 1. The minimum atomic E-state index is 0.000771. The molecule has 1 aromatic rings. The monoisotopic (exact) mass is 283 g/mol. The van der Waals surface area contributed by atoms with Crippen LogP contribution < -0.4 is 16.6 Å². The first-order valence-corrected chi connectivity index (χ1v) is 7.68. The number of thioether (sulfide) groups is 1. The summed E-state index contributed by atoms with van der Waals surface area (Å²) in [6.07, 6.45) is 6.44. The number of nitrogens with zero attached hydrogens (tertiary/aromatic N) is 2. The molecule has 2 rings (SSSR count). The Morgan fingerprint density at radius 1 is 1.37 bits per heavy atom. The fourth-order valence-corrected chi connectivity index (χ4v) is 2.85. The summed E-state index contributed by atoms with van der Waals surface area (Å²) < 4.78 is 0. The molecule has 0 aromatic carbocycles. The van der Waals surface area contributed by atoms with Gasteiger partial charge in [-0.25, -0.2) is 15.8 Å². The van der Waals surface area contributed by atoms with E-state index >= 15 is 0 Å². The summed E-state index contributed by atoms with van der Waals surface area (Å²) in [5.74, 6) is 6.73. The SMILES string of the molecule is CSc1nc(NN)cc(NCC2(CO)CCCC2)n1. The first kappa shape index (κ1) is 14.4. The number of hydrazine groups is 1. The molecule has 0 atom stereocenters. The Kier molecular flexibility index (Phi) is 4.84. The van der Waals surface area contributed by atoms with Crippen molar-refractivity contribution >= 4 is 23.4 Å². The maximum atomic E-state index is 9.59. The number of hydrogen-bond acceptors (Lipinski definition) is 7. The van der Waals surface area contributed by atoms with Crippen LogP contribution in [0.15, 0.2) is 11.2 Å². The molecule has 1 fully saturated rings. The number of aromatic nitrogens is 2. The summed E-state index contributed by atoms with van der Waals surface area (Å²) in [6.45, 7) is 0.959. The van der Waals surface area contributed by atoms with E-state index in [-0.39, 0.29) is 12.0 Å². The smallest absolute Gasteiger partial charge is 0.191 e. The van der Waals surface area contributed by atoms with Crippen LogP contribution in [0.2, 0.25) is 0 Å². The Labute approximate surface area is 117 Å². The van der Waals surface area contributed by atoms with Crippen molar-refractivity contribution in [3.8, 4) is 0 Å². The standard InChI is InChI=1S/C12H21N5OS/c1-19-11-15-9(6-10(16-11)17-13)14-7-12(8-18)4-2-3-5-12/h6,18H,2-5,7-8,13H2,1H3,(H2,14,15,16,17). The fraction of sp³-hybridized carbons (Fsp3) is 0.667. The molecule has 1 aliphatic carbocycles. The van der Waals surface area contributed by atoms with Crippen molar-refractivity contribution in [2.45, 2.75) is 30.8 Å². The average molecular weight is 283 g/mol. The van der Waals surface area contributed by atoms with Crippen molar-refractivity contribution in [1.82, 2.24) is 9.97 Å². The van der Waals surface area contributed by atoms with Gasteiger partial charge in [-0.05, 0) is 19.1 Å². The second kappa shape index (κ2) is 6.40. The van der Waals surface area contributed by atoms with Crippen LogP contribution >= 0.6 is 11.8 Å². The summed E-state index contributed by atoms with van der Waals surface area (Å²) in [5, 5.41) is 13.6. The van der Waals surface area contributed by atoms with Crippen LogP contribution in [0, 0.1) is 5.41 Å². The Bertz CT molecular complexity index is 400. The van der Waals surface area contributed by atoms with Crippen molar-refractivity contribution in [1.29, 1.82) is 0 Å². The van der Waals surface area contributed by atoms with Gasteiger partial charge in [0, 0.05) is 18.0 Å². The van der Waals surface area contributed by atoms with E-state index < -0.39 is 0 Å². The van der Waals surface area contributed by atoms with Gasteiger partial charge in [-0.15, -0.1) is 0 Å². The second-order valence-corrected chi connectivity index (χ2v) is 5.76. The van der Waals surface area contributed by atoms with Gasteiger partial charge in [0.05, 0.1) is 6.61 Å². The van der Waals surface area contributed by atoms with Crippen LogP contribution in [0.25, 0.3) is 0 Å². The first-order valence-electron chi connectivity index (χ1n) is 6.46. The highest BCUT2D eigenvalue weighted by molar-refractivity contribution is 7.98. The van der Waals surface area contributed by atoms with Gasteiger partial charge in [0.2, 0.25) is 0 Å². The number of nitrogens with one attached hydrogen (secondary N) is 2. The van der Waals surface area contributed by atoms with E-state index in [0.717, 1.165) is 25.2 Å². The molecule has 1 saturated carbocycles. The van der Waals surface area contributed by atoms with Gasteiger partial charge in [-0.1, -0.05) is 24.6 Å². The van der Waals surface area contributed by atoms with Gasteiger partial charge in [-0.3, -0.25) is 0 Å². The van der Waals surface area contributed by atoms with Gasteiger partial charge >= 0.3 is 0 Å². The third kappa shape index (κ3) is 3.49. The summed E-state index contributed by atoms with van der Waals surface area (Å²) in [7, 11) is 0. The Hall–Kier alpha value is -1.05. The van der Waals surface area contributed by atoms with E-state index in [2.05, 4.69) is 20.7 Å². The third-order valence-corrected chi connectivity index (χ3v) is 4.23. The lowest BCUT2D eigenvalue weighted by Gasteiger charge is -2.26. The largest absolute Gasteiger partial charge is 0.396 e. The molecule has 106 valence electrons. The zero-order valence-corrected chi connectivity index (χ0v) is 12.0. The van der Waals surface area contributed by atoms with Gasteiger partial charge in [0.15, 0.2) is 5.16 Å². The lowest BCUT2D eigenvalue weighted by Crippen LogP contribution is -2.30.